The zero-order chi connectivity index (χ0) is 27.3. The summed E-state index contributed by atoms with van der Waals surface area (Å²) in [4.78, 5) is 19.8. The van der Waals surface area contributed by atoms with Crippen LogP contribution in [0.1, 0.15) is 61.5 Å². The molecule has 8 nitrogen and oxygen atoms in total. The number of aryl methyl sites for hydroxylation is 2. The molecule has 0 spiro atoms. The Morgan fingerprint density at radius 2 is 1.87 bits per heavy atom. The van der Waals surface area contributed by atoms with Crippen LogP contribution < -0.4 is 4.90 Å². The first kappa shape index (κ1) is 25.8. The smallest absolute Gasteiger partial charge is 0.414 e. The third kappa shape index (κ3) is 4.57. The quantitative estimate of drug-likeness (QED) is 0.258. The summed E-state index contributed by atoms with van der Waals surface area (Å²) in [6.07, 6.45) is 3.95. The molecule has 2 fully saturated rings. The number of imidazole rings is 1. The van der Waals surface area contributed by atoms with Crippen LogP contribution in [0.4, 0.5) is 14.9 Å². The molecular formula is C29H30ClFN4O4. The van der Waals surface area contributed by atoms with Crippen LogP contribution in [-0.4, -0.2) is 40.6 Å². The number of cyclic esters (lactones) is 1. The van der Waals surface area contributed by atoms with E-state index in [1.54, 1.807) is 13.2 Å². The van der Waals surface area contributed by atoms with E-state index in [1.807, 2.05) is 13.8 Å². The normalized spacial score (nSPS) is 21.9. The Morgan fingerprint density at radius 1 is 1.08 bits per heavy atom. The second kappa shape index (κ2) is 10.3. The lowest BCUT2D eigenvalue weighted by Crippen LogP contribution is -2.42. The van der Waals surface area contributed by atoms with E-state index in [4.69, 9.17) is 30.6 Å². The van der Waals surface area contributed by atoms with Crippen LogP contribution >= 0.6 is 11.6 Å². The van der Waals surface area contributed by atoms with Gasteiger partial charge in [0.25, 0.3) is 0 Å². The van der Waals surface area contributed by atoms with Gasteiger partial charge in [0.15, 0.2) is 0 Å². The second-order valence-corrected chi connectivity index (χ2v) is 10.7. The van der Waals surface area contributed by atoms with E-state index in [2.05, 4.69) is 27.9 Å². The first-order valence-electron chi connectivity index (χ1n) is 13.2. The molecule has 4 aromatic rings. The van der Waals surface area contributed by atoms with E-state index < -0.39 is 18.0 Å². The minimum atomic E-state index is -0.596. The van der Waals surface area contributed by atoms with Crippen molar-refractivity contribution in [2.24, 2.45) is 0 Å². The average Bonchev–Trinajstić information content (AvgIpc) is 3.48. The van der Waals surface area contributed by atoms with Crippen molar-refractivity contribution < 1.29 is 23.2 Å². The van der Waals surface area contributed by atoms with Gasteiger partial charge in [0.2, 0.25) is 0 Å². The largest absolute Gasteiger partial charge is 0.449 e. The number of methoxy groups -OCH3 is 1. The summed E-state index contributed by atoms with van der Waals surface area (Å²) in [5.41, 5.74) is 4.92. The Kier molecular flexibility index (Phi) is 6.81. The van der Waals surface area contributed by atoms with Crippen molar-refractivity contribution in [1.29, 1.82) is 0 Å². The van der Waals surface area contributed by atoms with E-state index in [9.17, 15) is 9.18 Å². The highest BCUT2D eigenvalue weighted by atomic mass is 35.5. The summed E-state index contributed by atoms with van der Waals surface area (Å²) >= 11 is 5.95. The highest BCUT2D eigenvalue weighted by Gasteiger charge is 2.38. The molecular weight excluding hydrogens is 523 g/mol. The van der Waals surface area contributed by atoms with E-state index in [1.165, 1.54) is 17.0 Å². The zero-order valence-corrected chi connectivity index (χ0v) is 22.9. The molecule has 39 heavy (non-hydrogen) atoms. The number of hydrogen-bond acceptors (Lipinski definition) is 6. The number of rotatable bonds is 5. The highest BCUT2D eigenvalue weighted by Crippen LogP contribution is 2.41. The van der Waals surface area contributed by atoms with E-state index in [0.717, 1.165) is 65.1 Å². The molecule has 1 aliphatic carbocycles. The first-order valence-corrected chi connectivity index (χ1v) is 13.6. The SMILES string of the molecule is CO[C@H]1CC[C@H](n2c([C@@H]3CCOC(=O)N3c3ccc(Cl)c(F)c3)nc3cc(-c4c(C)noc4C)ccc32)CC1. The molecule has 2 aromatic carbocycles. The van der Waals surface area contributed by atoms with Gasteiger partial charge in [0.1, 0.15) is 23.4 Å². The molecule has 0 bridgehead atoms. The number of carbonyl (C=O) groups excluding carboxylic acids is 1. The number of amides is 1. The third-order valence-electron chi connectivity index (χ3n) is 7.99. The number of fused-ring (bicyclic) bond motifs is 1. The summed E-state index contributed by atoms with van der Waals surface area (Å²) in [6.45, 7) is 4.07. The van der Waals surface area contributed by atoms with Crippen molar-refractivity contribution in [3.05, 3.63) is 64.5 Å². The fourth-order valence-corrected chi connectivity index (χ4v) is 6.19. The fraction of sp³-hybridized carbons (Fsp3) is 0.414. The number of halogens is 2. The molecule has 1 saturated heterocycles. The van der Waals surface area contributed by atoms with Gasteiger partial charge in [-0.15, -0.1) is 0 Å². The molecule has 6 rings (SSSR count). The maximum absolute atomic E-state index is 14.5. The van der Waals surface area contributed by atoms with Crippen molar-refractivity contribution in [1.82, 2.24) is 14.7 Å². The predicted octanol–water partition coefficient (Wildman–Crippen LogP) is 7.32. The Bertz CT molecular complexity index is 1520. The monoisotopic (exact) mass is 552 g/mol. The number of benzene rings is 2. The minimum absolute atomic E-state index is 0.00493. The van der Waals surface area contributed by atoms with Gasteiger partial charge in [0.05, 0.1) is 40.1 Å². The van der Waals surface area contributed by atoms with Crippen molar-refractivity contribution in [3.8, 4) is 11.1 Å². The summed E-state index contributed by atoms with van der Waals surface area (Å²) in [5, 5.41) is 4.11. The van der Waals surface area contributed by atoms with Gasteiger partial charge in [0, 0.05) is 25.1 Å². The number of nitrogens with zero attached hydrogens (tertiary/aromatic N) is 4. The minimum Gasteiger partial charge on any atom is -0.449 e. The molecule has 1 aliphatic heterocycles. The topological polar surface area (TPSA) is 82.6 Å². The van der Waals surface area contributed by atoms with Crippen molar-refractivity contribution >= 4 is 34.4 Å². The van der Waals surface area contributed by atoms with E-state index >= 15 is 0 Å². The van der Waals surface area contributed by atoms with Crippen molar-refractivity contribution in [2.75, 3.05) is 18.6 Å². The maximum Gasteiger partial charge on any atom is 0.414 e. The molecule has 0 radical (unpaired) electrons. The van der Waals surface area contributed by atoms with Crippen LogP contribution in [0, 0.1) is 19.7 Å². The van der Waals surface area contributed by atoms with Crippen molar-refractivity contribution in [2.45, 2.75) is 64.1 Å². The number of anilines is 1. The molecule has 10 heteroatoms. The molecule has 1 atom stereocenters. The number of aromatic nitrogens is 3. The summed E-state index contributed by atoms with van der Waals surface area (Å²) in [7, 11) is 1.76. The van der Waals surface area contributed by atoms with Gasteiger partial charge >= 0.3 is 6.09 Å². The summed E-state index contributed by atoms with van der Waals surface area (Å²) < 4.78 is 33.2. The molecule has 204 valence electrons. The van der Waals surface area contributed by atoms with Crippen LogP contribution in [0.2, 0.25) is 5.02 Å². The molecule has 0 unspecified atom stereocenters. The Labute approximate surface area is 230 Å². The number of carbonyl (C=O) groups is 1. The highest BCUT2D eigenvalue weighted by molar-refractivity contribution is 6.30. The molecule has 0 N–H and O–H groups in total. The molecule has 2 aliphatic rings. The van der Waals surface area contributed by atoms with Crippen LogP contribution in [0.5, 0.6) is 0 Å². The lowest BCUT2D eigenvalue weighted by atomic mass is 9.92. The van der Waals surface area contributed by atoms with Gasteiger partial charge in [-0.25, -0.2) is 14.2 Å². The van der Waals surface area contributed by atoms with Crippen LogP contribution in [-0.2, 0) is 9.47 Å². The predicted molar refractivity (Wildman–Crippen MR) is 146 cm³/mol. The molecule has 2 aromatic heterocycles. The van der Waals surface area contributed by atoms with Crippen LogP contribution in [0.25, 0.3) is 22.2 Å². The zero-order valence-electron chi connectivity index (χ0n) is 22.1. The standard InChI is InChI=1S/C29H30ClFN4O4/c1-16-27(17(2)39-33-16)18-4-11-25-24(14-18)32-28(34(25)19-5-8-21(37-3)9-6-19)26-12-13-38-29(36)35(26)20-7-10-22(30)23(31)15-20/h4,7,10-11,14-15,19,21,26H,5-6,8-9,12-13H2,1-3H3/t19-,21-,26-/m0/s1. The van der Waals surface area contributed by atoms with Gasteiger partial charge in [-0.05, 0) is 75.4 Å². The number of hydrogen-bond donors (Lipinski definition) is 0. The lowest BCUT2D eigenvalue weighted by molar-refractivity contribution is 0.0582. The fourth-order valence-electron chi connectivity index (χ4n) is 6.07. The second-order valence-electron chi connectivity index (χ2n) is 10.3. The third-order valence-corrected chi connectivity index (χ3v) is 8.29. The van der Waals surface area contributed by atoms with Gasteiger partial charge < -0.3 is 18.6 Å². The van der Waals surface area contributed by atoms with Gasteiger partial charge in [-0.2, -0.15) is 0 Å². The Hall–Kier alpha value is -3.43. The van der Waals surface area contributed by atoms with Crippen LogP contribution in [0.3, 0.4) is 0 Å². The molecule has 3 heterocycles. The number of ether oxygens (including phenoxy) is 2. The summed E-state index contributed by atoms with van der Waals surface area (Å²) in [6, 6.07) is 10.3. The average molecular weight is 553 g/mol. The molecule has 1 saturated carbocycles. The summed E-state index contributed by atoms with van der Waals surface area (Å²) in [5.74, 6) is 0.908. The Balaban J connectivity index is 1.50. The Morgan fingerprint density at radius 3 is 2.56 bits per heavy atom. The van der Waals surface area contributed by atoms with Crippen LogP contribution in [0.15, 0.2) is 40.9 Å². The van der Waals surface area contributed by atoms with Gasteiger partial charge in [-0.1, -0.05) is 22.8 Å². The van der Waals surface area contributed by atoms with E-state index in [0.29, 0.717) is 12.1 Å². The van der Waals surface area contributed by atoms with Gasteiger partial charge in [-0.3, -0.25) is 4.90 Å². The molecule has 1 amide bonds. The first-order chi connectivity index (χ1) is 18.9. The van der Waals surface area contributed by atoms with Crippen molar-refractivity contribution in [3.63, 3.8) is 0 Å². The lowest BCUT2D eigenvalue weighted by Gasteiger charge is -2.37. The maximum atomic E-state index is 14.5. The van der Waals surface area contributed by atoms with E-state index in [-0.39, 0.29) is 23.8 Å².